The highest BCUT2D eigenvalue weighted by molar-refractivity contribution is 7.99. The number of nitrogens with zero attached hydrogens (tertiary/aromatic N) is 1. The summed E-state index contributed by atoms with van der Waals surface area (Å²) in [6.45, 7) is 8.29. The van der Waals surface area contributed by atoms with Crippen LogP contribution < -0.4 is 5.32 Å². The number of hydrogen-bond acceptors (Lipinski definition) is 3. The van der Waals surface area contributed by atoms with Crippen LogP contribution in [0.15, 0.2) is 54.6 Å². The molecule has 156 valence electrons. The molecule has 1 N–H and O–H groups in total. The van der Waals surface area contributed by atoms with Crippen LogP contribution in [0.2, 0.25) is 0 Å². The standard InChI is InChI=1S/C24H32N2O2S/c1-5-19(3)25-24(28)20(4)26(15-21-13-11-18(2)12-14-21)23(27)17-29-16-22-9-7-6-8-10-22/h6-14,19-20H,5,15-17H2,1-4H3,(H,25,28). The lowest BCUT2D eigenvalue weighted by atomic mass is 10.1. The molecule has 0 saturated heterocycles. The molecule has 2 aromatic rings. The van der Waals surface area contributed by atoms with Gasteiger partial charge < -0.3 is 10.2 Å². The molecule has 0 aliphatic heterocycles. The molecule has 0 aliphatic carbocycles. The van der Waals surface area contributed by atoms with Crippen LogP contribution in [0.5, 0.6) is 0 Å². The molecule has 5 heteroatoms. The zero-order valence-corrected chi connectivity index (χ0v) is 18.7. The van der Waals surface area contributed by atoms with Crippen LogP contribution >= 0.6 is 11.8 Å². The van der Waals surface area contributed by atoms with E-state index >= 15 is 0 Å². The van der Waals surface area contributed by atoms with Crippen molar-refractivity contribution in [1.82, 2.24) is 10.2 Å². The monoisotopic (exact) mass is 412 g/mol. The van der Waals surface area contributed by atoms with E-state index in [2.05, 4.69) is 17.4 Å². The zero-order valence-electron chi connectivity index (χ0n) is 17.9. The Labute approximate surface area is 179 Å². The third kappa shape index (κ3) is 7.58. The van der Waals surface area contributed by atoms with E-state index < -0.39 is 6.04 Å². The summed E-state index contributed by atoms with van der Waals surface area (Å²) in [5.74, 6) is 1.01. The number of carbonyl (C=O) groups is 2. The fourth-order valence-corrected chi connectivity index (χ4v) is 3.72. The predicted octanol–water partition coefficient (Wildman–Crippen LogP) is 4.56. The van der Waals surface area contributed by atoms with Crippen LogP contribution in [0, 0.1) is 6.92 Å². The lowest BCUT2D eigenvalue weighted by molar-refractivity contribution is -0.138. The van der Waals surface area contributed by atoms with Gasteiger partial charge in [-0.15, -0.1) is 11.8 Å². The lowest BCUT2D eigenvalue weighted by Gasteiger charge is -2.29. The summed E-state index contributed by atoms with van der Waals surface area (Å²) < 4.78 is 0. The smallest absolute Gasteiger partial charge is 0.242 e. The maximum Gasteiger partial charge on any atom is 0.242 e. The van der Waals surface area contributed by atoms with Crippen molar-refractivity contribution in [3.05, 3.63) is 71.3 Å². The number of benzene rings is 2. The minimum Gasteiger partial charge on any atom is -0.352 e. The highest BCUT2D eigenvalue weighted by atomic mass is 32.2. The molecule has 0 radical (unpaired) electrons. The van der Waals surface area contributed by atoms with E-state index in [-0.39, 0.29) is 17.9 Å². The molecule has 2 aromatic carbocycles. The Balaban J connectivity index is 2.06. The molecule has 0 saturated carbocycles. The summed E-state index contributed by atoms with van der Waals surface area (Å²) in [6.07, 6.45) is 0.858. The highest BCUT2D eigenvalue weighted by Gasteiger charge is 2.26. The van der Waals surface area contributed by atoms with Gasteiger partial charge in [0.05, 0.1) is 5.75 Å². The Morgan fingerprint density at radius 2 is 1.66 bits per heavy atom. The van der Waals surface area contributed by atoms with Gasteiger partial charge in [0.2, 0.25) is 11.8 Å². The number of carbonyl (C=O) groups excluding carboxylic acids is 2. The minimum atomic E-state index is -0.518. The predicted molar refractivity (Wildman–Crippen MR) is 122 cm³/mol. The fraction of sp³-hybridized carbons (Fsp3) is 0.417. The first kappa shape index (κ1) is 23.0. The van der Waals surface area contributed by atoms with Crippen molar-refractivity contribution >= 4 is 23.6 Å². The number of aryl methyl sites for hydroxylation is 1. The van der Waals surface area contributed by atoms with Crippen LogP contribution in [-0.4, -0.2) is 34.6 Å². The molecule has 2 atom stereocenters. The Morgan fingerprint density at radius 1 is 1.00 bits per heavy atom. The first-order valence-corrected chi connectivity index (χ1v) is 11.3. The molecular formula is C24H32N2O2S. The zero-order chi connectivity index (χ0) is 21.2. The van der Waals surface area contributed by atoms with Gasteiger partial charge in [-0.3, -0.25) is 9.59 Å². The van der Waals surface area contributed by atoms with Crippen molar-refractivity contribution in [3.8, 4) is 0 Å². The molecule has 2 unspecified atom stereocenters. The highest BCUT2D eigenvalue weighted by Crippen LogP contribution is 2.16. The third-order valence-electron chi connectivity index (χ3n) is 4.98. The second kappa shape index (κ2) is 11.7. The molecule has 2 rings (SSSR count). The normalized spacial score (nSPS) is 12.8. The quantitative estimate of drug-likeness (QED) is 0.622. The summed E-state index contributed by atoms with van der Waals surface area (Å²) in [7, 11) is 0. The largest absolute Gasteiger partial charge is 0.352 e. The van der Waals surface area contributed by atoms with E-state index in [1.54, 1.807) is 16.7 Å². The average Bonchev–Trinajstić information content (AvgIpc) is 2.73. The molecule has 0 fully saturated rings. The molecule has 2 amide bonds. The molecular weight excluding hydrogens is 380 g/mol. The van der Waals surface area contributed by atoms with Crippen molar-refractivity contribution in [3.63, 3.8) is 0 Å². The molecule has 0 heterocycles. The number of nitrogens with one attached hydrogen (secondary N) is 1. The van der Waals surface area contributed by atoms with Crippen LogP contribution in [0.25, 0.3) is 0 Å². The molecule has 4 nitrogen and oxygen atoms in total. The van der Waals surface area contributed by atoms with Gasteiger partial charge in [0.15, 0.2) is 0 Å². The van der Waals surface area contributed by atoms with Crippen molar-refractivity contribution in [2.45, 2.75) is 58.5 Å². The first-order chi connectivity index (χ1) is 13.9. The summed E-state index contributed by atoms with van der Waals surface area (Å²) in [4.78, 5) is 27.4. The van der Waals surface area contributed by atoms with Crippen molar-refractivity contribution in [2.75, 3.05) is 5.75 Å². The molecule has 0 bridgehead atoms. The van der Waals surface area contributed by atoms with Crippen molar-refractivity contribution in [1.29, 1.82) is 0 Å². The van der Waals surface area contributed by atoms with Gasteiger partial charge in [-0.2, -0.15) is 0 Å². The maximum absolute atomic E-state index is 13.0. The first-order valence-electron chi connectivity index (χ1n) is 10.2. The Morgan fingerprint density at radius 3 is 2.28 bits per heavy atom. The second-order valence-corrected chi connectivity index (χ2v) is 8.47. The van der Waals surface area contributed by atoms with E-state index in [1.165, 1.54) is 11.1 Å². The average molecular weight is 413 g/mol. The Kier molecular flexibility index (Phi) is 9.26. The number of hydrogen-bond donors (Lipinski definition) is 1. The van der Waals surface area contributed by atoms with Gasteiger partial charge in [0.1, 0.15) is 6.04 Å². The van der Waals surface area contributed by atoms with Gasteiger partial charge in [-0.25, -0.2) is 0 Å². The maximum atomic E-state index is 13.0. The summed E-state index contributed by atoms with van der Waals surface area (Å²) in [6, 6.07) is 17.8. The van der Waals surface area contributed by atoms with Gasteiger partial charge in [-0.05, 0) is 38.3 Å². The molecule has 0 spiro atoms. The van der Waals surface area contributed by atoms with E-state index in [0.717, 1.165) is 17.7 Å². The van der Waals surface area contributed by atoms with E-state index in [0.29, 0.717) is 12.3 Å². The summed E-state index contributed by atoms with van der Waals surface area (Å²) in [5, 5.41) is 3.00. The second-order valence-electron chi connectivity index (χ2n) is 7.48. The van der Waals surface area contributed by atoms with Crippen LogP contribution in [0.3, 0.4) is 0 Å². The van der Waals surface area contributed by atoms with Gasteiger partial charge in [0, 0.05) is 18.3 Å². The van der Waals surface area contributed by atoms with Crippen molar-refractivity contribution < 1.29 is 9.59 Å². The number of amides is 2. The lowest BCUT2D eigenvalue weighted by Crippen LogP contribution is -2.50. The van der Waals surface area contributed by atoms with Gasteiger partial charge in [0.25, 0.3) is 0 Å². The Bertz CT molecular complexity index is 777. The summed E-state index contributed by atoms with van der Waals surface area (Å²) in [5.41, 5.74) is 3.39. The van der Waals surface area contributed by atoms with Crippen molar-refractivity contribution in [2.24, 2.45) is 0 Å². The molecule has 0 aromatic heterocycles. The third-order valence-corrected chi connectivity index (χ3v) is 5.97. The van der Waals surface area contributed by atoms with Crippen LogP contribution in [0.4, 0.5) is 0 Å². The van der Waals surface area contributed by atoms with Gasteiger partial charge >= 0.3 is 0 Å². The Hall–Kier alpha value is -2.27. The van der Waals surface area contributed by atoms with Crippen LogP contribution in [-0.2, 0) is 21.9 Å². The topological polar surface area (TPSA) is 49.4 Å². The van der Waals surface area contributed by atoms with E-state index in [4.69, 9.17) is 0 Å². The SMILES string of the molecule is CCC(C)NC(=O)C(C)N(Cc1ccc(C)cc1)C(=O)CSCc1ccccc1. The number of rotatable bonds is 10. The van der Waals surface area contributed by atoms with E-state index in [1.807, 2.05) is 70.2 Å². The summed E-state index contributed by atoms with van der Waals surface area (Å²) >= 11 is 1.58. The number of thioether (sulfide) groups is 1. The molecule has 0 aliphatic rings. The minimum absolute atomic E-state index is 0.0155. The van der Waals surface area contributed by atoms with Crippen LogP contribution in [0.1, 0.15) is 43.9 Å². The molecule has 29 heavy (non-hydrogen) atoms. The fourth-order valence-electron chi connectivity index (χ4n) is 2.85. The van der Waals surface area contributed by atoms with Gasteiger partial charge in [-0.1, -0.05) is 67.1 Å². The van der Waals surface area contributed by atoms with E-state index in [9.17, 15) is 9.59 Å².